The summed E-state index contributed by atoms with van der Waals surface area (Å²) in [4.78, 5) is 30.1. The molecule has 0 aliphatic rings. The Hall–Kier alpha value is -3.04. The summed E-state index contributed by atoms with van der Waals surface area (Å²) in [5.74, 6) is 0.601. The van der Waals surface area contributed by atoms with E-state index in [1.165, 1.54) is 11.8 Å². The van der Waals surface area contributed by atoms with Gasteiger partial charge in [0.1, 0.15) is 11.3 Å². The molecule has 8 nitrogen and oxygen atoms in total. The Kier molecular flexibility index (Phi) is 6.43. The van der Waals surface area contributed by atoms with Gasteiger partial charge in [0.05, 0.1) is 31.3 Å². The molecular weight excluding hydrogens is 438 g/mol. The van der Waals surface area contributed by atoms with Crippen LogP contribution in [0.15, 0.2) is 63.2 Å². The minimum absolute atomic E-state index is 0.112. The first-order valence-corrected chi connectivity index (χ1v) is 11.0. The van der Waals surface area contributed by atoms with Gasteiger partial charge in [-0.25, -0.2) is 4.98 Å². The summed E-state index contributed by atoms with van der Waals surface area (Å²) in [6.45, 7) is 3.18. The van der Waals surface area contributed by atoms with Crippen LogP contribution in [0.25, 0.3) is 11.0 Å². The van der Waals surface area contributed by atoms with Crippen LogP contribution < -0.4 is 10.9 Å². The lowest BCUT2D eigenvalue weighted by Gasteiger charge is -2.12. The largest absolute Gasteiger partial charge is 0.467 e. The number of carbonyl (C=O) groups excluding carboxylic acids is 1. The monoisotopic (exact) mass is 457 g/mol. The van der Waals surface area contributed by atoms with Gasteiger partial charge in [-0.3, -0.25) is 18.8 Å². The minimum Gasteiger partial charge on any atom is -0.467 e. The predicted octanol–water partition coefficient (Wildman–Crippen LogP) is 3.32. The number of nitrogens with one attached hydrogen (secondary N) is 1. The van der Waals surface area contributed by atoms with Gasteiger partial charge in [0, 0.05) is 11.6 Å². The quantitative estimate of drug-likeness (QED) is 0.322. The Balaban J connectivity index is 1.59. The number of furan rings is 1. The van der Waals surface area contributed by atoms with Gasteiger partial charge >= 0.3 is 0 Å². The van der Waals surface area contributed by atoms with E-state index in [4.69, 9.17) is 16.0 Å². The molecule has 0 aliphatic carbocycles. The van der Waals surface area contributed by atoms with E-state index in [-0.39, 0.29) is 17.2 Å². The minimum atomic E-state index is -0.245. The zero-order valence-corrected chi connectivity index (χ0v) is 18.3. The van der Waals surface area contributed by atoms with Crippen molar-refractivity contribution in [3.8, 4) is 0 Å². The third kappa shape index (κ3) is 5.00. The van der Waals surface area contributed by atoms with E-state index in [2.05, 4.69) is 15.4 Å². The van der Waals surface area contributed by atoms with Crippen LogP contribution in [0.5, 0.6) is 0 Å². The fourth-order valence-corrected chi connectivity index (χ4v) is 3.94. The molecule has 0 aliphatic heterocycles. The van der Waals surface area contributed by atoms with Gasteiger partial charge in [0.2, 0.25) is 5.91 Å². The molecule has 0 saturated heterocycles. The second-order valence-electron chi connectivity index (χ2n) is 6.78. The van der Waals surface area contributed by atoms with Crippen LogP contribution in [0.3, 0.4) is 0 Å². The number of carbonyl (C=O) groups is 1. The molecule has 31 heavy (non-hydrogen) atoms. The molecule has 10 heteroatoms. The summed E-state index contributed by atoms with van der Waals surface area (Å²) in [5.41, 5.74) is 1.47. The Bertz CT molecular complexity index is 1250. The van der Waals surface area contributed by atoms with Crippen LogP contribution in [0.1, 0.15) is 18.2 Å². The number of rotatable bonds is 8. The van der Waals surface area contributed by atoms with Gasteiger partial charge in [0.25, 0.3) is 5.56 Å². The Morgan fingerprint density at radius 1 is 1.26 bits per heavy atom. The summed E-state index contributed by atoms with van der Waals surface area (Å²) in [6.07, 6.45) is 3.30. The van der Waals surface area contributed by atoms with Gasteiger partial charge in [-0.05, 0) is 36.8 Å². The van der Waals surface area contributed by atoms with Crippen LogP contribution in [-0.2, 0) is 24.4 Å². The highest BCUT2D eigenvalue weighted by molar-refractivity contribution is 7.99. The molecule has 1 N–H and O–H groups in total. The van der Waals surface area contributed by atoms with Crippen molar-refractivity contribution in [2.24, 2.45) is 0 Å². The van der Waals surface area contributed by atoms with Crippen molar-refractivity contribution in [3.63, 3.8) is 0 Å². The topological polar surface area (TPSA) is 95.0 Å². The molecular formula is C21H20ClN5O3S. The standard InChI is InChI=1S/C21H20ClN5O3S/c1-2-26-12-17-19(25-26)20(29)27(11-14-5-7-15(22)8-6-14)21(24-17)31-13-18(28)23-10-16-4-3-9-30-16/h3-9,12H,2,10-11,13H2,1H3,(H,23,28). The van der Waals surface area contributed by atoms with Gasteiger partial charge < -0.3 is 9.73 Å². The number of hydrogen-bond acceptors (Lipinski definition) is 6. The lowest BCUT2D eigenvalue weighted by Crippen LogP contribution is -2.27. The number of halogens is 1. The van der Waals surface area contributed by atoms with Crippen LogP contribution in [0.4, 0.5) is 0 Å². The number of hydrogen-bond donors (Lipinski definition) is 1. The number of fused-ring (bicyclic) bond motifs is 1. The van der Waals surface area contributed by atoms with Crippen molar-refractivity contribution in [1.29, 1.82) is 0 Å². The fraction of sp³-hybridized carbons (Fsp3) is 0.238. The molecule has 1 aromatic carbocycles. The second kappa shape index (κ2) is 9.40. The van der Waals surface area contributed by atoms with Crippen molar-refractivity contribution in [2.45, 2.75) is 31.7 Å². The van der Waals surface area contributed by atoms with E-state index >= 15 is 0 Å². The van der Waals surface area contributed by atoms with E-state index in [9.17, 15) is 9.59 Å². The van der Waals surface area contributed by atoms with E-state index in [0.717, 1.165) is 5.56 Å². The maximum Gasteiger partial charge on any atom is 0.282 e. The number of aryl methyl sites for hydroxylation is 1. The van der Waals surface area contributed by atoms with Gasteiger partial charge in [-0.2, -0.15) is 5.10 Å². The molecule has 0 atom stereocenters. The Morgan fingerprint density at radius 2 is 2.06 bits per heavy atom. The molecule has 0 bridgehead atoms. The smallest absolute Gasteiger partial charge is 0.282 e. The third-order valence-electron chi connectivity index (χ3n) is 4.59. The van der Waals surface area contributed by atoms with E-state index in [0.29, 0.717) is 46.6 Å². The molecule has 3 aromatic heterocycles. The van der Waals surface area contributed by atoms with Crippen LogP contribution in [0.2, 0.25) is 5.02 Å². The van der Waals surface area contributed by atoms with Gasteiger partial charge in [-0.15, -0.1) is 0 Å². The van der Waals surface area contributed by atoms with Gasteiger partial charge in [-0.1, -0.05) is 35.5 Å². The summed E-state index contributed by atoms with van der Waals surface area (Å²) in [5, 5.41) is 8.21. The average molecular weight is 458 g/mol. The second-order valence-corrected chi connectivity index (χ2v) is 8.15. The van der Waals surface area contributed by atoms with Gasteiger partial charge in [0.15, 0.2) is 10.7 Å². The fourth-order valence-electron chi connectivity index (χ4n) is 2.99. The van der Waals surface area contributed by atoms with Crippen molar-refractivity contribution in [2.75, 3.05) is 5.75 Å². The molecule has 0 spiro atoms. The van der Waals surface area contributed by atoms with Crippen LogP contribution >= 0.6 is 23.4 Å². The number of thioether (sulfide) groups is 1. The SMILES string of the molecule is CCn1cc2nc(SCC(=O)NCc3ccco3)n(Cc3ccc(Cl)cc3)c(=O)c2n1. The molecule has 1 amide bonds. The van der Waals surface area contributed by atoms with Crippen molar-refractivity contribution in [1.82, 2.24) is 24.6 Å². The van der Waals surface area contributed by atoms with Crippen molar-refractivity contribution in [3.05, 3.63) is 75.6 Å². The highest BCUT2D eigenvalue weighted by Gasteiger charge is 2.16. The first-order chi connectivity index (χ1) is 15.0. The maximum atomic E-state index is 13.2. The lowest BCUT2D eigenvalue weighted by atomic mass is 10.2. The Labute approximate surface area is 187 Å². The molecule has 0 unspecified atom stereocenters. The summed E-state index contributed by atoms with van der Waals surface area (Å²) < 4.78 is 8.44. The highest BCUT2D eigenvalue weighted by Crippen LogP contribution is 2.19. The summed E-state index contributed by atoms with van der Waals surface area (Å²) in [6, 6.07) is 10.8. The highest BCUT2D eigenvalue weighted by atomic mass is 35.5. The molecule has 4 aromatic rings. The zero-order valence-electron chi connectivity index (χ0n) is 16.7. The molecule has 4 rings (SSSR count). The van der Waals surface area contributed by atoms with Crippen molar-refractivity contribution < 1.29 is 9.21 Å². The number of amides is 1. The summed E-state index contributed by atoms with van der Waals surface area (Å²) in [7, 11) is 0. The molecule has 0 saturated carbocycles. The van der Waals surface area contributed by atoms with Crippen molar-refractivity contribution >= 4 is 40.3 Å². The van der Waals surface area contributed by atoms with E-state index in [1.54, 1.807) is 46.0 Å². The van der Waals surface area contributed by atoms with Crippen LogP contribution in [0, 0.1) is 0 Å². The number of nitrogens with zero attached hydrogens (tertiary/aromatic N) is 4. The molecule has 0 fully saturated rings. The zero-order chi connectivity index (χ0) is 21.8. The summed E-state index contributed by atoms with van der Waals surface area (Å²) >= 11 is 7.18. The maximum absolute atomic E-state index is 13.2. The number of aromatic nitrogens is 4. The predicted molar refractivity (Wildman–Crippen MR) is 119 cm³/mol. The van der Waals surface area contributed by atoms with E-state index < -0.39 is 0 Å². The number of benzene rings is 1. The average Bonchev–Trinajstić information content (AvgIpc) is 3.44. The Morgan fingerprint density at radius 3 is 2.77 bits per heavy atom. The van der Waals surface area contributed by atoms with E-state index in [1.807, 2.05) is 19.1 Å². The molecule has 3 heterocycles. The normalized spacial score (nSPS) is 11.2. The first kappa shape index (κ1) is 21.2. The molecule has 0 radical (unpaired) electrons. The first-order valence-electron chi connectivity index (χ1n) is 9.68. The van der Waals surface area contributed by atoms with Crippen LogP contribution in [-0.4, -0.2) is 31.0 Å². The third-order valence-corrected chi connectivity index (χ3v) is 5.82. The molecule has 160 valence electrons. The lowest BCUT2D eigenvalue weighted by molar-refractivity contribution is -0.118.